The summed E-state index contributed by atoms with van der Waals surface area (Å²) >= 11 is 5.72. The molecule has 3 nitrogen and oxygen atoms in total. The van der Waals surface area contributed by atoms with Gasteiger partial charge in [-0.1, -0.05) is 17.7 Å². The van der Waals surface area contributed by atoms with Crippen LogP contribution in [-0.2, 0) is 4.79 Å². The highest BCUT2D eigenvalue weighted by atomic mass is 35.5. The van der Waals surface area contributed by atoms with E-state index in [2.05, 4.69) is 0 Å². The maximum absolute atomic E-state index is 10.5. The van der Waals surface area contributed by atoms with Crippen molar-refractivity contribution in [2.45, 2.75) is 0 Å². The molecule has 4 heteroatoms. The fourth-order valence-corrected chi connectivity index (χ4v) is 1.11. The third kappa shape index (κ3) is 2.46. The van der Waals surface area contributed by atoms with Crippen LogP contribution in [0, 0.1) is 17.8 Å². The molecule has 0 spiro atoms. The van der Waals surface area contributed by atoms with Crippen LogP contribution < -0.4 is 5.73 Å². The van der Waals surface area contributed by atoms with Crippen molar-refractivity contribution in [2.24, 2.45) is 5.73 Å². The maximum atomic E-state index is 10.5. The number of amides is 1. The number of nitriles is 1. The summed E-state index contributed by atoms with van der Waals surface area (Å²) in [5.41, 5.74) is 5.91. The summed E-state index contributed by atoms with van der Waals surface area (Å²) in [5, 5.41) is 8.87. The van der Waals surface area contributed by atoms with Crippen LogP contribution in [0.4, 0.5) is 0 Å². The van der Waals surface area contributed by atoms with Gasteiger partial charge in [-0.25, -0.2) is 0 Å². The fourth-order valence-electron chi connectivity index (χ4n) is 0.876. The predicted octanol–water partition coefficient (Wildman–Crippen LogP) is 1.25. The Hall–Kier alpha value is -1.53. The van der Waals surface area contributed by atoms with Gasteiger partial charge in [-0.05, 0) is 17.7 Å². The van der Waals surface area contributed by atoms with Gasteiger partial charge in [0.1, 0.15) is 6.07 Å². The topological polar surface area (TPSA) is 66.9 Å². The molecule has 0 atom stereocenters. The summed E-state index contributed by atoms with van der Waals surface area (Å²) in [5.74, 6) is -0.541. The van der Waals surface area contributed by atoms with Crippen molar-refractivity contribution in [1.29, 1.82) is 5.26 Å². The quantitative estimate of drug-likeness (QED) is 0.768. The highest BCUT2D eigenvalue weighted by molar-refractivity contribution is 6.31. The Bertz CT molecular complexity index is 382. The first-order valence-electron chi connectivity index (χ1n) is 3.47. The fraction of sp³-hybridized carbons (Fsp3) is 0. The van der Waals surface area contributed by atoms with Crippen LogP contribution in [0.15, 0.2) is 18.2 Å². The summed E-state index contributed by atoms with van der Waals surface area (Å²) in [6, 6.07) is 6.58. The van der Waals surface area contributed by atoms with Crippen LogP contribution in [-0.4, -0.2) is 5.91 Å². The predicted molar refractivity (Wildman–Crippen MR) is 48.8 cm³/mol. The summed E-state index contributed by atoms with van der Waals surface area (Å²) < 4.78 is 0. The average molecular weight is 194 g/mol. The summed E-state index contributed by atoms with van der Waals surface area (Å²) in [6.07, 6.45) is 1.24. The number of nitrogens with two attached hydrogens (primary N) is 1. The molecule has 0 aliphatic rings. The van der Waals surface area contributed by atoms with Gasteiger partial charge in [0, 0.05) is 0 Å². The lowest BCUT2D eigenvalue weighted by Gasteiger charge is -1.98. The molecule has 1 amide bonds. The molecule has 13 heavy (non-hydrogen) atoms. The van der Waals surface area contributed by atoms with Crippen LogP contribution >= 0.6 is 11.6 Å². The van der Waals surface area contributed by atoms with Gasteiger partial charge >= 0.3 is 0 Å². The molecule has 1 radical (unpaired) electrons. The zero-order valence-corrected chi connectivity index (χ0v) is 7.38. The Morgan fingerprint density at radius 3 is 2.77 bits per heavy atom. The third-order valence-corrected chi connectivity index (χ3v) is 1.74. The Morgan fingerprint density at radius 2 is 2.31 bits per heavy atom. The molecular formula is C9H6ClN2O. The van der Waals surface area contributed by atoms with Crippen LogP contribution in [0.25, 0.3) is 0 Å². The van der Waals surface area contributed by atoms with E-state index in [-0.39, 0.29) is 0 Å². The molecule has 0 heterocycles. The number of benzene rings is 1. The van der Waals surface area contributed by atoms with Gasteiger partial charge in [0.2, 0.25) is 5.91 Å². The van der Waals surface area contributed by atoms with Crippen LogP contribution in [0.2, 0.25) is 5.02 Å². The monoisotopic (exact) mass is 193 g/mol. The molecule has 0 saturated carbocycles. The van der Waals surface area contributed by atoms with Crippen LogP contribution in [0.1, 0.15) is 11.1 Å². The Kier molecular flexibility index (Phi) is 2.88. The second kappa shape index (κ2) is 3.92. The van der Waals surface area contributed by atoms with E-state index in [4.69, 9.17) is 22.6 Å². The lowest BCUT2D eigenvalue weighted by atomic mass is 10.1. The zero-order valence-electron chi connectivity index (χ0n) is 6.62. The molecular weight excluding hydrogens is 188 g/mol. The van der Waals surface area contributed by atoms with E-state index in [0.717, 1.165) is 0 Å². The number of carbonyl (C=O) groups excluding carboxylic acids is 1. The Morgan fingerprint density at radius 1 is 1.62 bits per heavy atom. The highest BCUT2D eigenvalue weighted by Gasteiger charge is 2.03. The van der Waals surface area contributed by atoms with Gasteiger partial charge in [0.25, 0.3) is 0 Å². The van der Waals surface area contributed by atoms with Crippen molar-refractivity contribution < 1.29 is 4.79 Å². The molecule has 0 aliphatic carbocycles. The number of carbonyl (C=O) groups is 1. The average Bonchev–Trinajstić information content (AvgIpc) is 2.03. The van der Waals surface area contributed by atoms with E-state index in [1.807, 2.05) is 6.07 Å². The van der Waals surface area contributed by atoms with E-state index in [1.165, 1.54) is 18.6 Å². The van der Waals surface area contributed by atoms with E-state index in [0.29, 0.717) is 16.1 Å². The van der Waals surface area contributed by atoms with Crippen molar-refractivity contribution in [3.05, 3.63) is 40.8 Å². The molecule has 0 fully saturated rings. The normalized spacial score (nSPS) is 9.23. The minimum absolute atomic E-state index is 0.317. The van der Waals surface area contributed by atoms with Gasteiger partial charge in [-0.15, -0.1) is 0 Å². The standard InChI is InChI=1S/C9H6ClN2O/c10-8-3-6(4-9(12)13)1-2-7(8)5-11/h1-4H,(H2,12,13). The van der Waals surface area contributed by atoms with Gasteiger partial charge in [0.15, 0.2) is 0 Å². The maximum Gasteiger partial charge on any atom is 0.226 e. The number of primary amides is 1. The van der Waals surface area contributed by atoms with Crippen molar-refractivity contribution >= 4 is 17.5 Å². The zero-order chi connectivity index (χ0) is 9.84. The molecule has 0 aromatic heterocycles. The minimum Gasteiger partial charge on any atom is -0.369 e. The largest absolute Gasteiger partial charge is 0.369 e. The van der Waals surface area contributed by atoms with Gasteiger partial charge < -0.3 is 5.73 Å². The van der Waals surface area contributed by atoms with Crippen LogP contribution in [0.5, 0.6) is 0 Å². The smallest absolute Gasteiger partial charge is 0.226 e. The highest BCUT2D eigenvalue weighted by Crippen LogP contribution is 2.17. The lowest BCUT2D eigenvalue weighted by molar-refractivity contribution is -0.114. The van der Waals surface area contributed by atoms with Crippen molar-refractivity contribution in [3.8, 4) is 6.07 Å². The minimum atomic E-state index is -0.541. The van der Waals surface area contributed by atoms with Gasteiger partial charge in [-0.2, -0.15) is 5.26 Å². The van der Waals surface area contributed by atoms with Gasteiger partial charge in [0.05, 0.1) is 17.0 Å². The van der Waals surface area contributed by atoms with Gasteiger partial charge in [-0.3, -0.25) is 4.79 Å². The molecule has 1 rings (SSSR count). The molecule has 2 N–H and O–H groups in total. The Labute approximate surface area is 80.7 Å². The molecule has 0 saturated heterocycles. The second-order valence-corrected chi connectivity index (χ2v) is 2.80. The van der Waals surface area contributed by atoms with Crippen molar-refractivity contribution in [1.82, 2.24) is 0 Å². The SMILES string of the molecule is N#Cc1ccc([CH]C(N)=O)cc1Cl. The van der Waals surface area contributed by atoms with Crippen molar-refractivity contribution in [3.63, 3.8) is 0 Å². The molecule has 0 aliphatic heterocycles. The lowest BCUT2D eigenvalue weighted by Crippen LogP contribution is -2.11. The molecule has 65 valence electrons. The number of hydrogen-bond acceptors (Lipinski definition) is 2. The van der Waals surface area contributed by atoms with E-state index < -0.39 is 5.91 Å². The summed E-state index contributed by atoms with van der Waals surface area (Å²) in [7, 11) is 0. The molecule has 1 aromatic rings. The molecule has 0 bridgehead atoms. The third-order valence-electron chi connectivity index (χ3n) is 1.42. The Balaban J connectivity index is 2.97. The van der Waals surface area contributed by atoms with Crippen LogP contribution in [0.3, 0.4) is 0 Å². The second-order valence-electron chi connectivity index (χ2n) is 2.40. The number of hydrogen-bond donors (Lipinski definition) is 1. The molecule has 1 aromatic carbocycles. The van der Waals surface area contributed by atoms with Crippen molar-refractivity contribution in [2.75, 3.05) is 0 Å². The molecule has 0 unspecified atom stereocenters. The first kappa shape index (κ1) is 9.56. The summed E-state index contributed by atoms with van der Waals surface area (Å²) in [6.45, 7) is 0. The number of halogens is 1. The first-order valence-corrected chi connectivity index (χ1v) is 3.85. The van der Waals surface area contributed by atoms with E-state index in [9.17, 15) is 4.79 Å². The first-order chi connectivity index (χ1) is 6.13. The van der Waals surface area contributed by atoms with E-state index in [1.54, 1.807) is 6.07 Å². The van der Waals surface area contributed by atoms with E-state index >= 15 is 0 Å². The summed E-state index contributed by atoms with van der Waals surface area (Å²) in [4.78, 5) is 10.5. The number of rotatable bonds is 2. The number of nitrogens with zero attached hydrogens (tertiary/aromatic N) is 1.